The zero-order valence-electron chi connectivity index (χ0n) is 10.6. The van der Waals surface area contributed by atoms with E-state index in [0.717, 1.165) is 25.7 Å². The lowest BCUT2D eigenvalue weighted by Crippen LogP contribution is -2.77. The van der Waals surface area contributed by atoms with E-state index in [4.69, 9.17) is 4.74 Å². The summed E-state index contributed by atoms with van der Waals surface area (Å²) in [5.41, 5.74) is -0.735. The van der Waals surface area contributed by atoms with Crippen molar-refractivity contribution in [1.29, 1.82) is 0 Å². The molecule has 0 aromatic carbocycles. The first-order valence-electron chi connectivity index (χ1n) is 6.14. The van der Waals surface area contributed by atoms with Crippen LogP contribution >= 0.6 is 0 Å². The van der Waals surface area contributed by atoms with Crippen LogP contribution in [0.25, 0.3) is 0 Å². The molecule has 0 radical (unpaired) electrons. The molecule has 0 bridgehead atoms. The number of nitrogens with one attached hydrogen (secondary N) is 2. The van der Waals surface area contributed by atoms with Crippen LogP contribution < -0.4 is 10.6 Å². The van der Waals surface area contributed by atoms with E-state index in [9.17, 15) is 9.59 Å². The van der Waals surface area contributed by atoms with Gasteiger partial charge in [-0.2, -0.15) is 0 Å². The molecule has 5 heteroatoms. The van der Waals surface area contributed by atoms with E-state index < -0.39 is 17.7 Å². The lowest BCUT2D eigenvalue weighted by Gasteiger charge is -2.47. The van der Waals surface area contributed by atoms with Gasteiger partial charge in [-0.05, 0) is 33.6 Å². The average Bonchev–Trinajstić information content (AvgIpc) is 2.63. The molecule has 17 heavy (non-hydrogen) atoms. The van der Waals surface area contributed by atoms with E-state index in [1.54, 1.807) is 20.8 Å². The molecule has 5 nitrogen and oxygen atoms in total. The van der Waals surface area contributed by atoms with Crippen molar-refractivity contribution < 1.29 is 14.3 Å². The zero-order valence-corrected chi connectivity index (χ0v) is 10.6. The van der Waals surface area contributed by atoms with Crippen LogP contribution in [-0.2, 0) is 9.53 Å². The number of β-lactam (4-membered cyclic amide) rings is 1. The summed E-state index contributed by atoms with van der Waals surface area (Å²) in [5, 5.41) is 5.61. The van der Waals surface area contributed by atoms with Crippen molar-refractivity contribution in [3.63, 3.8) is 0 Å². The lowest BCUT2D eigenvalue weighted by molar-refractivity contribution is -0.137. The van der Waals surface area contributed by atoms with Crippen LogP contribution in [0.2, 0.25) is 0 Å². The fourth-order valence-electron chi connectivity index (χ4n) is 2.61. The van der Waals surface area contributed by atoms with Gasteiger partial charge >= 0.3 is 6.09 Å². The number of carbonyl (C=O) groups excluding carboxylic acids is 2. The SMILES string of the molecule is CC(C)(C)OC(=O)NC1C(=O)NC12CCCC2. The topological polar surface area (TPSA) is 67.4 Å². The lowest BCUT2D eigenvalue weighted by atomic mass is 9.80. The Labute approximate surface area is 101 Å². The molecule has 2 aliphatic rings. The molecule has 0 aromatic rings. The second kappa shape index (κ2) is 3.89. The number of carbonyl (C=O) groups is 2. The van der Waals surface area contributed by atoms with Crippen molar-refractivity contribution in [2.75, 3.05) is 0 Å². The monoisotopic (exact) mass is 240 g/mol. The molecule has 1 heterocycles. The molecule has 1 unspecified atom stereocenters. The fraction of sp³-hybridized carbons (Fsp3) is 0.833. The predicted octanol–water partition coefficient (Wildman–Crippen LogP) is 1.32. The Hall–Kier alpha value is -1.26. The molecule has 0 aromatic heterocycles. The van der Waals surface area contributed by atoms with E-state index in [1.807, 2.05) is 0 Å². The highest BCUT2D eigenvalue weighted by Gasteiger charge is 2.55. The summed E-state index contributed by atoms with van der Waals surface area (Å²) in [6.07, 6.45) is 3.58. The van der Waals surface area contributed by atoms with Crippen molar-refractivity contribution >= 4 is 12.0 Å². The van der Waals surface area contributed by atoms with Gasteiger partial charge in [0.05, 0.1) is 5.54 Å². The molecule has 1 aliphatic carbocycles. The van der Waals surface area contributed by atoms with E-state index in [2.05, 4.69) is 10.6 Å². The van der Waals surface area contributed by atoms with Gasteiger partial charge in [-0.3, -0.25) is 4.79 Å². The minimum atomic E-state index is -0.535. The van der Waals surface area contributed by atoms with Gasteiger partial charge in [0.2, 0.25) is 5.91 Å². The van der Waals surface area contributed by atoms with Crippen molar-refractivity contribution in [1.82, 2.24) is 10.6 Å². The van der Waals surface area contributed by atoms with Crippen LogP contribution in [0.15, 0.2) is 0 Å². The molecule has 1 atom stereocenters. The predicted molar refractivity (Wildman–Crippen MR) is 62.5 cm³/mol. The fourth-order valence-corrected chi connectivity index (χ4v) is 2.61. The second-order valence-electron chi connectivity index (χ2n) is 5.93. The zero-order chi connectivity index (χ0) is 12.7. The van der Waals surface area contributed by atoms with Gasteiger partial charge in [0.25, 0.3) is 0 Å². The number of hydrogen-bond donors (Lipinski definition) is 2. The first-order valence-corrected chi connectivity index (χ1v) is 6.14. The van der Waals surface area contributed by atoms with Gasteiger partial charge in [-0.15, -0.1) is 0 Å². The van der Waals surface area contributed by atoms with Gasteiger partial charge in [0.15, 0.2) is 0 Å². The van der Waals surface area contributed by atoms with Crippen LogP contribution in [-0.4, -0.2) is 29.2 Å². The van der Waals surface area contributed by atoms with Crippen molar-refractivity contribution in [2.45, 2.75) is 63.6 Å². The summed E-state index contributed by atoms with van der Waals surface area (Å²) in [5.74, 6) is -0.0993. The van der Waals surface area contributed by atoms with E-state index in [1.165, 1.54) is 0 Å². The standard InChI is InChI=1S/C12H20N2O3/c1-11(2,3)17-10(16)13-8-9(15)14-12(8)6-4-5-7-12/h8H,4-7H2,1-3H3,(H,13,16)(H,14,15). The van der Waals surface area contributed by atoms with E-state index in [-0.39, 0.29) is 11.4 Å². The first kappa shape index (κ1) is 12.2. The van der Waals surface area contributed by atoms with Gasteiger partial charge in [-0.1, -0.05) is 12.8 Å². The average molecular weight is 240 g/mol. The number of alkyl carbamates (subject to hydrolysis) is 1. The normalized spacial score (nSPS) is 26.3. The molecule has 1 aliphatic heterocycles. The Morgan fingerprint density at radius 1 is 1.41 bits per heavy atom. The maximum atomic E-state index is 11.6. The molecule has 1 spiro atoms. The number of hydrogen-bond acceptors (Lipinski definition) is 3. The Morgan fingerprint density at radius 3 is 2.47 bits per heavy atom. The molecule has 2 N–H and O–H groups in total. The third-order valence-corrected chi connectivity index (χ3v) is 3.34. The maximum absolute atomic E-state index is 11.6. The minimum Gasteiger partial charge on any atom is -0.444 e. The summed E-state index contributed by atoms with van der Waals surface area (Å²) in [6, 6.07) is -0.417. The summed E-state index contributed by atoms with van der Waals surface area (Å²) in [7, 11) is 0. The third kappa shape index (κ3) is 2.37. The van der Waals surface area contributed by atoms with Gasteiger partial charge in [0.1, 0.15) is 11.6 Å². The molecule has 2 amide bonds. The van der Waals surface area contributed by atoms with E-state index in [0.29, 0.717) is 0 Å². The quantitative estimate of drug-likeness (QED) is 0.679. The summed E-state index contributed by atoms with van der Waals surface area (Å²) < 4.78 is 5.17. The number of amides is 2. The highest BCUT2D eigenvalue weighted by atomic mass is 16.6. The maximum Gasteiger partial charge on any atom is 0.408 e. The summed E-state index contributed by atoms with van der Waals surface area (Å²) in [6.45, 7) is 5.41. The Balaban J connectivity index is 1.94. The molecule has 1 saturated heterocycles. The molecular formula is C12H20N2O3. The summed E-state index contributed by atoms with van der Waals surface area (Å²) >= 11 is 0. The molecule has 2 rings (SSSR count). The number of ether oxygens (including phenoxy) is 1. The van der Waals surface area contributed by atoms with Crippen molar-refractivity contribution in [3.8, 4) is 0 Å². The smallest absolute Gasteiger partial charge is 0.408 e. The van der Waals surface area contributed by atoms with E-state index >= 15 is 0 Å². The largest absolute Gasteiger partial charge is 0.444 e. The molecule has 1 saturated carbocycles. The molecule has 96 valence electrons. The van der Waals surface area contributed by atoms with Gasteiger partial charge in [-0.25, -0.2) is 4.79 Å². The van der Waals surface area contributed by atoms with Gasteiger partial charge < -0.3 is 15.4 Å². The molecule has 2 fully saturated rings. The Morgan fingerprint density at radius 2 is 2.00 bits per heavy atom. The van der Waals surface area contributed by atoms with Gasteiger partial charge in [0, 0.05) is 0 Å². The Bertz CT molecular complexity index is 340. The highest BCUT2D eigenvalue weighted by molar-refractivity contribution is 5.94. The van der Waals surface area contributed by atoms with Crippen LogP contribution in [0.5, 0.6) is 0 Å². The van der Waals surface area contributed by atoms with Crippen LogP contribution in [0, 0.1) is 0 Å². The van der Waals surface area contributed by atoms with Crippen molar-refractivity contribution in [3.05, 3.63) is 0 Å². The summed E-state index contributed by atoms with van der Waals surface area (Å²) in [4.78, 5) is 23.1. The third-order valence-electron chi connectivity index (χ3n) is 3.34. The van der Waals surface area contributed by atoms with Crippen LogP contribution in [0.1, 0.15) is 46.5 Å². The first-order chi connectivity index (χ1) is 7.82. The van der Waals surface area contributed by atoms with Crippen molar-refractivity contribution in [2.24, 2.45) is 0 Å². The number of rotatable bonds is 1. The highest BCUT2D eigenvalue weighted by Crippen LogP contribution is 2.38. The molecular weight excluding hydrogens is 220 g/mol. The minimum absolute atomic E-state index is 0.0993. The Kier molecular flexibility index (Phi) is 2.79. The van der Waals surface area contributed by atoms with Crippen LogP contribution in [0.3, 0.4) is 0 Å². The van der Waals surface area contributed by atoms with Crippen LogP contribution in [0.4, 0.5) is 4.79 Å². The second-order valence-corrected chi connectivity index (χ2v) is 5.93.